The van der Waals surface area contributed by atoms with E-state index in [0.29, 0.717) is 42.4 Å². The molecule has 1 aliphatic heterocycles. The van der Waals surface area contributed by atoms with E-state index < -0.39 is 6.04 Å². The van der Waals surface area contributed by atoms with Crippen molar-refractivity contribution in [3.8, 4) is 0 Å². The summed E-state index contributed by atoms with van der Waals surface area (Å²) in [4.78, 5) is 33.9. The molecule has 0 spiro atoms. The van der Waals surface area contributed by atoms with Gasteiger partial charge in [0.05, 0.1) is 13.0 Å². The lowest BCUT2D eigenvalue weighted by Gasteiger charge is -2.29. The fourth-order valence-corrected chi connectivity index (χ4v) is 3.80. The van der Waals surface area contributed by atoms with Gasteiger partial charge in [0.2, 0.25) is 5.91 Å². The third-order valence-corrected chi connectivity index (χ3v) is 5.30. The molecule has 0 N–H and O–H groups in total. The summed E-state index contributed by atoms with van der Waals surface area (Å²) in [6, 6.07) is 14.5. The lowest BCUT2D eigenvalue weighted by molar-refractivity contribution is -0.130. The number of carbonyl (C=O) groups is 2. The van der Waals surface area contributed by atoms with Crippen molar-refractivity contribution in [2.75, 3.05) is 19.6 Å². The van der Waals surface area contributed by atoms with Crippen molar-refractivity contribution in [2.24, 2.45) is 0 Å². The van der Waals surface area contributed by atoms with E-state index in [4.69, 9.17) is 4.52 Å². The fourth-order valence-electron chi connectivity index (χ4n) is 3.80. The van der Waals surface area contributed by atoms with Gasteiger partial charge in [-0.2, -0.15) is 4.98 Å². The molecule has 1 fully saturated rings. The molecule has 1 aliphatic rings. The zero-order chi connectivity index (χ0) is 21.8. The number of hydrogen-bond acceptors (Lipinski definition) is 5. The third-order valence-electron chi connectivity index (χ3n) is 5.30. The van der Waals surface area contributed by atoms with Gasteiger partial charge < -0.3 is 14.3 Å². The van der Waals surface area contributed by atoms with Crippen LogP contribution in [0.2, 0.25) is 0 Å². The summed E-state index contributed by atoms with van der Waals surface area (Å²) < 4.78 is 18.9. The molecule has 0 radical (unpaired) electrons. The highest BCUT2D eigenvalue weighted by Gasteiger charge is 2.35. The van der Waals surface area contributed by atoms with Gasteiger partial charge in [0, 0.05) is 18.7 Å². The number of benzene rings is 2. The summed E-state index contributed by atoms with van der Waals surface area (Å²) in [5.74, 6) is 0.0953. The van der Waals surface area contributed by atoms with Crippen LogP contribution < -0.4 is 0 Å². The number of hydrogen-bond donors (Lipinski definition) is 0. The van der Waals surface area contributed by atoms with E-state index in [9.17, 15) is 14.0 Å². The van der Waals surface area contributed by atoms with E-state index in [1.807, 2.05) is 18.2 Å². The topological polar surface area (TPSA) is 79.5 Å². The molecular weight excluding hydrogens is 399 g/mol. The second-order valence-corrected chi connectivity index (χ2v) is 7.56. The highest BCUT2D eigenvalue weighted by Crippen LogP contribution is 2.26. The minimum atomic E-state index is -0.562. The van der Waals surface area contributed by atoms with Gasteiger partial charge in [-0.1, -0.05) is 35.5 Å². The minimum Gasteiger partial charge on any atom is -0.340 e. The number of nitrogens with zero attached hydrogens (tertiary/aromatic N) is 4. The van der Waals surface area contributed by atoms with Crippen LogP contribution in [-0.2, 0) is 11.2 Å². The second-order valence-electron chi connectivity index (χ2n) is 7.56. The van der Waals surface area contributed by atoms with E-state index in [1.54, 1.807) is 41.0 Å². The smallest absolute Gasteiger partial charge is 0.254 e. The first kappa shape index (κ1) is 20.7. The van der Waals surface area contributed by atoms with E-state index in [2.05, 4.69) is 10.1 Å². The van der Waals surface area contributed by atoms with E-state index in [1.165, 1.54) is 12.1 Å². The Morgan fingerprint density at radius 1 is 1.13 bits per heavy atom. The molecule has 3 aromatic rings. The number of aryl methyl sites for hydroxylation is 1. The van der Waals surface area contributed by atoms with Crippen LogP contribution in [0.15, 0.2) is 59.1 Å². The Morgan fingerprint density at radius 3 is 2.65 bits per heavy atom. The standard InChI is InChI=1S/C23H23FN4O3/c1-16-25-22(31-26-16)20-15-27(21(29)14-17-7-5-10-19(24)13-17)11-6-12-28(20)23(30)18-8-3-2-4-9-18/h2-5,7-10,13,20H,6,11-12,14-15H2,1H3. The quantitative estimate of drug-likeness (QED) is 0.645. The summed E-state index contributed by atoms with van der Waals surface area (Å²) in [6.45, 7) is 2.87. The zero-order valence-corrected chi connectivity index (χ0v) is 17.2. The molecule has 1 atom stereocenters. The van der Waals surface area contributed by atoms with Crippen LogP contribution in [0.5, 0.6) is 0 Å². The molecule has 2 amide bonds. The van der Waals surface area contributed by atoms with Gasteiger partial charge in [-0.25, -0.2) is 4.39 Å². The molecule has 160 valence electrons. The van der Waals surface area contributed by atoms with Gasteiger partial charge in [-0.15, -0.1) is 0 Å². The summed E-state index contributed by atoms with van der Waals surface area (Å²) in [5.41, 5.74) is 1.17. The largest absolute Gasteiger partial charge is 0.340 e. The van der Waals surface area contributed by atoms with Crippen molar-refractivity contribution >= 4 is 11.8 Å². The van der Waals surface area contributed by atoms with Crippen LogP contribution in [0.3, 0.4) is 0 Å². The highest BCUT2D eigenvalue weighted by atomic mass is 19.1. The molecule has 0 saturated carbocycles. The Labute approximate surface area is 179 Å². The molecule has 31 heavy (non-hydrogen) atoms. The van der Waals surface area contributed by atoms with E-state index in [-0.39, 0.29) is 30.6 Å². The summed E-state index contributed by atoms with van der Waals surface area (Å²) >= 11 is 0. The van der Waals surface area contributed by atoms with Crippen molar-refractivity contribution in [1.82, 2.24) is 19.9 Å². The maximum absolute atomic E-state index is 13.5. The van der Waals surface area contributed by atoms with Crippen LogP contribution in [0.1, 0.15) is 40.1 Å². The van der Waals surface area contributed by atoms with E-state index in [0.717, 1.165) is 0 Å². The molecule has 0 bridgehead atoms. The van der Waals surface area contributed by atoms with Gasteiger partial charge >= 0.3 is 0 Å². The summed E-state index contributed by atoms with van der Waals surface area (Å²) in [7, 11) is 0. The number of carbonyl (C=O) groups excluding carboxylic acids is 2. The van der Waals surface area contributed by atoms with Crippen LogP contribution in [0.4, 0.5) is 4.39 Å². The van der Waals surface area contributed by atoms with Crippen molar-refractivity contribution in [3.05, 3.63) is 83.3 Å². The van der Waals surface area contributed by atoms with Gasteiger partial charge in [-0.05, 0) is 43.2 Å². The predicted octanol–water partition coefficient (Wildman–Crippen LogP) is 3.18. The first-order chi connectivity index (χ1) is 15.0. The normalized spacial score (nSPS) is 16.8. The Hall–Kier alpha value is -3.55. The number of aromatic nitrogens is 2. The Balaban J connectivity index is 1.59. The molecule has 8 heteroatoms. The van der Waals surface area contributed by atoms with Crippen molar-refractivity contribution in [3.63, 3.8) is 0 Å². The monoisotopic (exact) mass is 422 g/mol. The molecule has 0 aliphatic carbocycles. The van der Waals surface area contributed by atoms with Gasteiger partial charge in [0.1, 0.15) is 11.9 Å². The summed E-state index contributed by atoms with van der Waals surface area (Å²) in [6.07, 6.45) is 0.692. The number of halogens is 1. The lowest BCUT2D eigenvalue weighted by atomic mass is 10.1. The van der Waals surface area contributed by atoms with Crippen LogP contribution in [0, 0.1) is 12.7 Å². The van der Waals surface area contributed by atoms with Gasteiger partial charge in [-0.3, -0.25) is 9.59 Å². The minimum absolute atomic E-state index is 0.0833. The van der Waals surface area contributed by atoms with Gasteiger partial charge in [0.25, 0.3) is 11.8 Å². The van der Waals surface area contributed by atoms with Crippen LogP contribution in [-0.4, -0.2) is 51.4 Å². The molecule has 1 unspecified atom stereocenters. The van der Waals surface area contributed by atoms with Crippen molar-refractivity contribution < 1.29 is 18.5 Å². The average molecular weight is 422 g/mol. The molecule has 7 nitrogen and oxygen atoms in total. The maximum Gasteiger partial charge on any atom is 0.254 e. The number of rotatable bonds is 4. The Bertz CT molecular complexity index is 1070. The maximum atomic E-state index is 13.5. The zero-order valence-electron chi connectivity index (χ0n) is 17.2. The van der Waals surface area contributed by atoms with Crippen LogP contribution >= 0.6 is 0 Å². The molecule has 1 aromatic heterocycles. The fraction of sp³-hybridized carbons (Fsp3) is 0.304. The second kappa shape index (κ2) is 9.07. The molecule has 4 rings (SSSR count). The predicted molar refractivity (Wildman–Crippen MR) is 111 cm³/mol. The molecule has 2 heterocycles. The van der Waals surface area contributed by atoms with E-state index >= 15 is 0 Å². The van der Waals surface area contributed by atoms with Crippen LogP contribution in [0.25, 0.3) is 0 Å². The molecular formula is C23H23FN4O3. The number of amides is 2. The SMILES string of the molecule is Cc1noc(C2CN(C(=O)Cc3cccc(F)c3)CCCN2C(=O)c2ccccc2)n1. The molecule has 2 aromatic carbocycles. The first-order valence-corrected chi connectivity index (χ1v) is 10.2. The Kier molecular flexibility index (Phi) is 6.06. The van der Waals surface area contributed by atoms with Gasteiger partial charge in [0.15, 0.2) is 5.82 Å². The Morgan fingerprint density at radius 2 is 1.94 bits per heavy atom. The summed E-state index contributed by atoms with van der Waals surface area (Å²) in [5, 5.41) is 3.87. The molecule has 1 saturated heterocycles. The first-order valence-electron chi connectivity index (χ1n) is 10.2. The highest BCUT2D eigenvalue weighted by molar-refractivity contribution is 5.94. The van der Waals surface area contributed by atoms with Crippen molar-refractivity contribution in [1.29, 1.82) is 0 Å². The van der Waals surface area contributed by atoms with Crippen molar-refractivity contribution in [2.45, 2.75) is 25.8 Å². The lowest BCUT2D eigenvalue weighted by Crippen LogP contribution is -2.40. The average Bonchev–Trinajstić information content (AvgIpc) is 3.07. The third kappa shape index (κ3) is 4.79.